The molecule has 1 rings (SSSR count). The van der Waals surface area contributed by atoms with Gasteiger partial charge in [0.1, 0.15) is 5.76 Å². The fourth-order valence-corrected chi connectivity index (χ4v) is 1.19. The van der Waals surface area contributed by atoms with E-state index < -0.39 is 0 Å². The summed E-state index contributed by atoms with van der Waals surface area (Å²) in [5.41, 5.74) is 2.19. The summed E-state index contributed by atoms with van der Waals surface area (Å²) in [6, 6.07) is 0. The van der Waals surface area contributed by atoms with Crippen molar-refractivity contribution in [2.45, 2.75) is 13.8 Å². The molecular formula is C10H11ClO. The molecule has 0 radical (unpaired) electrons. The molecule has 0 spiro atoms. The fourth-order valence-electron chi connectivity index (χ4n) is 0.918. The largest absolute Gasteiger partial charge is 0.463 e. The van der Waals surface area contributed by atoms with Crippen molar-refractivity contribution >= 4 is 16.6 Å². The highest BCUT2D eigenvalue weighted by atomic mass is 35.5. The van der Waals surface area contributed by atoms with Crippen molar-refractivity contribution < 1.29 is 4.42 Å². The summed E-state index contributed by atoms with van der Waals surface area (Å²) in [6.07, 6.45) is 5.05. The molecule has 0 aliphatic rings. The molecule has 0 aliphatic heterocycles. The number of aryl methyl sites for hydroxylation is 1. The summed E-state index contributed by atoms with van der Waals surface area (Å²) in [6.45, 7) is 7.53. The van der Waals surface area contributed by atoms with Gasteiger partial charge in [-0.15, -0.1) is 0 Å². The zero-order valence-electron chi connectivity index (χ0n) is 7.23. The Morgan fingerprint density at radius 1 is 1.58 bits per heavy atom. The number of rotatable bonds is 2. The van der Waals surface area contributed by atoms with E-state index >= 15 is 0 Å². The molecule has 1 aromatic heterocycles. The van der Waals surface area contributed by atoms with Gasteiger partial charge in [0.2, 0.25) is 0 Å². The number of halogens is 1. The van der Waals surface area contributed by atoms with E-state index in [9.17, 15) is 0 Å². The van der Waals surface area contributed by atoms with Crippen molar-refractivity contribution in [3.63, 3.8) is 0 Å². The highest BCUT2D eigenvalue weighted by Gasteiger charge is 2.08. The summed E-state index contributed by atoms with van der Waals surface area (Å²) in [5, 5.41) is 0.593. The van der Waals surface area contributed by atoms with Crippen LogP contribution in [0.5, 0.6) is 0 Å². The van der Waals surface area contributed by atoms with Gasteiger partial charge in [0.05, 0.1) is 11.3 Å². The third kappa shape index (κ3) is 1.62. The molecule has 2 heteroatoms. The maximum atomic E-state index is 5.92. The summed E-state index contributed by atoms with van der Waals surface area (Å²) < 4.78 is 5.26. The van der Waals surface area contributed by atoms with Crippen molar-refractivity contribution in [1.29, 1.82) is 0 Å². The second kappa shape index (κ2) is 3.63. The van der Waals surface area contributed by atoms with Gasteiger partial charge in [-0.1, -0.05) is 24.3 Å². The number of hydrogen-bond acceptors (Lipinski definition) is 1. The Bertz CT molecular complexity index is 321. The maximum Gasteiger partial charge on any atom is 0.148 e. The predicted octanol–water partition coefficient (Wildman–Crippen LogP) is 3.66. The molecule has 0 aromatic carbocycles. The minimum absolute atomic E-state index is 0.593. The minimum Gasteiger partial charge on any atom is -0.463 e. The first-order chi connectivity index (χ1) is 5.66. The standard InChI is InChI=1S/C10H11ClO/c1-4-5-9(11)10-8(3)7(2)6-12-10/h4-6H,1H2,2-3H3/b9-5+. The van der Waals surface area contributed by atoms with Crippen LogP contribution < -0.4 is 0 Å². The van der Waals surface area contributed by atoms with Crippen LogP contribution in [0.3, 0.4) is 0 Å². The minimum atomic E-state index is 0.593. The molecule has 0 N–H and O–H groups in total. The third-order valence-electron chi connectivity index (χ3n) is 1.77. The van der Waals surface area contributed by atoms with E-state index in [-0.39, 0.29) is 0 Å². The average molecular weight is 183 g/mol. The number of furan rings is 1. The SMILES string of the molecule is C=C/C=C(/Cl)c1occ(C)c1C. The normalized spacial score (nSPS) is 11.8. The summed E-state index contributed by atoms with van der Waals surface area (Å²) in [5.74, 6) is 0.731. The predicted molar refractivity (Wildman–Crippen MR) is 52.2 cm³/mol. The molecule has 0 saturated heterocycles. The van der Waals surface area contributed by atoms with Gasteiger partial charge in [-0.05, 0) is 31.1 Å². The second-order valence-corrected chi connectivity index (χ2v) is 3.03. The molecule has 64 valence electrons. The van der Waals surface area contributed by atoms with Crippen molar-refractivity contribution in [1.82, 2.24) is 0 Å². The highest BCUT2D eigenvalue weighted by Crippen LogP contribution is 2.25. The molecule has 0 bridgehead atoms. The van der Waals surface area contributed by atoms with Crippen LogP contribution in [0.1, 0.15) is 16.9 Å². The van der Waals surface area contributed by atoms with Gasteiger partial charge in [0.15, 0.2) is 0 Å². The van der Waals surface area contributed by atoms with Crippen molar-refractivity contribution in [3.8, 4) is 0 Å². The highest BCUT2D eigenvalue weighted by molar-refractivity contribution is 6.48. The lowest BCUT2D eigenvalue weighted by atomic mass is 10.2. The lowest BCUT2D eigenvalue weighted by Gasteiger charge is -1.94. The van der Waals surface area contributed by atoms with E-state index in [1.165, 1.54) is 0 Å². The monoisotopic (exact) mass is 182 g/mol. The zero-order chi connectivity index (χ0) is 9.14. The van der Waals surface area contributed by atoms with E-state index in [0.717, 1.165) is 16.9 Å². The van der Waals surface area contributed by atoms with E-state index in [2.05, 4.69) is 6.58 Å². The van der Waals surface area contributed by atoms with Gasteiger partial charge in [0.25, 0.3) is 0 Å². The molecule has 1 heterocycles. The topological polar surface area (TPSA) is 13.1 Å². The molecule has 1 aromatic rings. The summed E-state index contributed by atoms with van der Waals surface area (Å²) in [4.78, 5) is 0. The third-order valence-corrected chi connectivity index (χ3v) is 2.06. The Morgan fingerprint density at radius 3 is 2.67 bits per heavy atom. The van der Waals surface area contributed by atoms with Crippen LogP contribution in [0, 0.1) is 13.8 Å². The van der Waals surface area contributed by atoms with Crippen molar-refractivity contribution in [3.05, 3.63) is 41.9 Å². The first kappa shape index (κ1) is 9.14. The lowest BCUT2D eigenvalue weighted by Crippen LogP contribution is -1.77. The van der Waals surface area contributed by atoms with Crippen LogP contribution in [-0.4, -0.2) is 0 Å². The first-order valence-corrected chi connectivity index (χ1v) is 4.08. The molecular weight excluding hydrogens is 172 g/mol. The van der Waals surface area contributed by atoms with Gasteiger partial charge in [-0.3, -0.25) is 0 Å². The van der Waals surface area contributed by atoms with E-state index in [1.807, 2.05) is 13.8 Å². The Balaban J connectivity index is 3.11. The van der Waals surface area contributed by atoms with E-state index in [0.29, 0.717) is 5.03 Å². The van der Waals surface area contributed by atoms with Gasteiger partial charge >= 0.3 is 0 Å². The van der Waals surface area contributed by atoms with Gasteiger partial charge in [-0.25, -0.2) is 0 Å². The summed E-state index contributed by atoms with van der Waals surface area (Å²) in [7, 11) is 0. The van der Waals surface area contributed by atoms with Crippen LogP contribution in [0.15, 0.2) is 29.4 Å². The van der Waals surface area contributed by atoms with Crippen molar-refractivity contribution in [2.75, 3.05) is 0 Å². The fraction of sp³-hybridized carbons (Fsp3) is 0.200. The van der Waals surface area contributed by atoms with Gasteiger partial charge < -0.3 is 4.42 Å². The Morgan fingerprint density at radius 2 is 2.25 bits per heavy atom. The molecule has 0 saturated carbocycles. The maximum absolute atomic E-state index is 5.92. The molecule has 0 unspecified atom stereocenters. The van der Waals surface area contributed by atoms with Crippen molar-refractivity contribution in [2.24, 2.45) is 0 Å². The quantitative estimate of drug-likeness (QED) is 0.637. The second-order valence-electron chi connectivity index (χ2n) is 2.62. The average Bonchev–Trinajstić information content (AvgIpc) is 2.34. The van der Waals surface area contributed by atoms with Crippen LogP contribution >= 0.6 is 11.6 Å². The van der Waals surface area contributed by atoms with Crippen LogP contribution in [0.25, 0.3) is 5.03 Å². The Labute approximate surface area is 77.3 Å². The van der Waals surface area contributed by atoms with Crippen LogP contribution in [-0.2, 0) is 0 Å². The molecule has 0 fully saturated rings. The molecule has 0 atom stereocenters. The molecule has 12 heavy (non-hydrogen) atoms. The van der Waals surface area contributed by atoms with E-state index in [1.54, 1.807) is 18.4 Å². The number of hydrogen-bond donors (Lipinski definition) is 0. The smallest absolute Gasteiger partial charge is 0.148 e. The summed E-state index contributed by atoms with van der Waals surface area (Å²) >= 11 is 5.92. The Kier molecular flexibility index (Phi) is 2.77. The molecule has 0 amide bonds. The van der Waals surface area contributed by atoms with Gasteiger partial charge in [-0.2, -0.15) is 0 Å². The lowest BCUT2D eigenvalue weighted by molar-refractivity contribution is 0.552. The van der Waals surface area contributed by atoms with Crippen LogP contribution in [0.4, 0.5) is 0 Å². The molecule has 0 aliphatic carbocycles. The van der Waals surface area contributed by atoms with Gasteiger partial charge in [0, 0.05) is 0 Å². The first-order valence-electron chi connectivity index (χ1n) is 3.70. The Hall–Kier alpha value is -0.950. The van der Waals surface area contributed by atoms with E-state index in [4.69, 9.17) is 16.0 Å². The van der Waals surface area contributed by atoms with Crippen LogP contribution in [0.2, 0.25) is 0 Å². The number of allylic oxidation sites excluding steroid dienone is 2. The zero-order valence-corrected chi connectivity index (χ0v) is 7.98. The molecule has 1 nitrogen and oxygen atoms in total.